The summed E-state index contributed by atoms with van der Waals surface area (Å²) < 4.78 is 0. The Balaban J connectivity index is 1.15. The molecular weight excluding hydrogens is 603 g/mol. The van der Waals surface area contributed by atoms with Gasteiger partial charge in [-0.25, -0.2) is 0 Å². The lowest BCUT2D eigenvalue weighted by molar-refractivity contribution is 0.645. The summed E-state index contributed by atoms with van der Waals surface area (Å²) in [5.74, 6) is 0. The molecule has 238 valence electrons. The molecule has 50 heavy (non-hydrogen) atoms. The Morgan fingerprint density at radius 3 is 1.36 bits per heavy atom. The minimum absolute atomic E-state index is 0.0712. The molecule has 0 radical (unpaired) electrons. The molecule has 1 heteroatoms. The largest absolute Gasteiger partial charge is 0.311 e. The molecule has 0 bridgehead atoms. The molecule has 0 saturated carbocycles. The van der Waals surface area contributed by atoms with Gasteiger partial charge in [0.15, 0.2) is 0 Å². The van der Waals surface area contributed by atoms with Gasteiger partial charge in [0.1, 0.15) is 0 Å². The normalized spacial score (nSPS) is 12.8. The highest BCUT2D eigenvalue weighted by Gasteiger charge is 2.34. The second kappa shape index (κ2) is 12.1. The number of fused-ring (bicyclic) bond motifs is 2. The Morgan fingerprint density at radius 2 is 0.800 bits per heavy atom. The number of rotatable bonds is 6. The summed E-state index contributed by atoms with van der Waals surface area (Å²) >= 11 is 0. The van der Waals surface area contributed by atoms with E-state index in [1.54, 1.807) is 0 Å². The van der Waals surface area contributed by atoms with Crippen molar-refractivity contribution in [2.45, 2.75) is 19.3 Å². The minimum Gasteiger partial charge on any atom is -0.311 e. The van der Waals surface area contributed by atoms with Gasteiger partial charge in [-0.2, -0.15) is 0 Å². The van der Waals surface area contributed by atoms with Crippen molar-refractivity contribution >= 4 is 27.8 Å². The summed E-state index contributed by atoms with van der Waals surface area (Å²) in [6.07, 6.45) is 0. The summed E-state index contributed by atoms with van der Waals surface area (Å²) in [6.45, 7) is 4.72. The van der Waals surface area contributed by atoms with Gasteiger partial charge < -0.3 is 4.90 Å². The van der Waals surface area contributed by atoms with Crippen molar-refractivity contribution in [2.75, 3.05) is 4.90 Å². The molecule has 0 atom stereocenters. The first-order chi connectivity index (χ1) is 24.6. The molecular formula is C49H37N. The zero-order chi connectivity index (χ0) is 33.7. The Labute approximate surface area is 294 Å². The predicted octanol–water partition coefficient (Wildman–Crippen LogP) is 13.6. The summed E-state index contributed by atoms with van der Waals surface area (Å²) in [7, 11) is 0. The van der Waals surface area contributed by atoms with E-state index >= 15 is 0 Å². The molecule has 0 amide bonds. The summed E-state index contributed by atoms with van der Waals surface area (Å²) in [4.78, 5) is 2.35. The molecule has 0 saturated heterocycles. The van der Waals surface area contributed by atoms with E-state index in [-0.39, 0.29) is 5.41 Å². The quantitative estimate of drug-likeness (QED) is 0.175. The maximum Gasteiger partial charge on any atom is 0.0462 e. The van der Waals surface area contributed by atoms with E-state index in [4.69, 9.17) is 0 Å². The number of nitrogens with zero attached hydrogens (tertiary/aromatic N) is 1. The number of hydrogen-bond acceptors (Lipinski definition) is 1. The molecule has 0 aliphatic heterocycles. The topological polar surface area (TPSA) is 3.24 Å². The van der Waals surface area contributed by atoms with Crippen molar-refractivity contribution in [3.63, 3.8) is 0 Å². The SMILES string of the molecule is CC1(C)c2ccccc2-c2c(-c3ccc(N(c4ccc(-c5ccccc5)cc4)c4ccc(-c5ccccc5)cc4)cc3)ccc3cccc1c23. The fraction of sp³-hybridized carbons (Fsp3) is 0.0612. The van der Waals surface area contributed by atoms with Gasteiger partial charge >= 0.3 is 0 Å². The van der Waals surface area contributed by atoms with Crippen LogP contribution in [0.3, 0.4) is 0 Å². The molecule has 1 nitrogen and oxygen atoms in total. The lowest BCUT2D eigenvalue weighted by atomic mass is 9.67. The molecule has 0 heterocycles. The lowest BCUT2D eigenvalue weighted by Gasteiger charge is -2.36. The van der Waals surface area contributed by atoms with E-state index in [2.05, 4.69) is 207 Å². The van der Waals surface area contributed by atoms with Crippen LogP contribution >= 0.6 is 0 Å². The van der Waals surface area contributed by atoms with Gasteiger partial charge in [0.25, 0.3) is 0 Å². The van der Waals surface area contributed by atoms with Crippen LogP contribution in [0.5, 0.6) is 0 Å². The van der Waals surface area contributed by atoms with Gasteiger partial charge in [0.2, 0.25) is 0 Å². The van der Waals surface area contributed by atoms with Crippen molar-refractivity contribution in [1.29, 1.82) is 0 Å². The van der Waals surface area contributed by atoms with E-state index in [0.29, 0.717) is 0 Å². The molecule has 1 aliphatic rings. The summed E-state index contributed by atoms with van der Waals surface area (Å²) in [5, 5.41) is 2.67. The average molecular weight is 640 g/mol. The van der Waals surface area contributed by atoms with Crippen molar-refractivity contribution in [2.24, 2.45) is 0 Å². The number of anilines is 3. The van der Waals surface area contributed by atoms with Crippen molar-refractivity contribution in [3.05, 3.63) is 199 Å². The summed E-state index contributed by atoms with van der Waals surface area (Å²) in [6, 6.07) is 68.4. The second-order valence-corrected chi connectivity index (χ2v) is 13.8. The van der Waals surface area contributed by atoms with Crippen molar-refractivity contribution in [3.8, 4) is 44.5 Å². The summed E-state index contributed by atoms with van der Waals surface area (Å²) in [5.41, 5.74) is 16.1. The van der Waals surface area contributed by atoms with E-state index in [0.717, 1.165) is 17.1 Å². The molecule has 0 N–H and O–H groups in total. The fourth-order valence-electron chi connectivity index (χ4n) is 7.92. The standard InChI is InChI=1S/C49H37N/c1-49(2)45-18-10-9-17-44(45)48-43(33-26-39-16-11-19-46(49)47(39)48)38-24-31-42(32-25-38)50(40-27-20-36(21-28-40)34-12-5-3-6-13-34)41-29-22-37(23-30-41)35-14-7-4-8-15-35/h3-33H,1-2H3. The van der Waals surface area contributed by atoms with Gasteiger partial charge in [-0.3, -0.25) is 0 Å². The van der Waals surface area contributed by atoms with Crippen molar-refractivity contribution in [1.82, 2.24) is 0 Å². The van der Waals surface area contributed by atoms with Crippen molar-refractivity contribution < 1.29 is 0 Å². The highest BCUT2D eigenvalue weighted by atomic mass is 15.1. The van der Waals surface area contributed by atoms with Crippen LogP contribution in [-0.2, 0) is 5.41 Å². The number of hydrogen-bond donors (Lipinski definition) is 0. The van der Waals surface area contributed by atoms with Crippen LogP contribution in [0.15, 0.2) is 188 Å². The monoisotopic (exact) mass is 639 g/mol. The fourth-order valence-corrected chi connectivity index (χ4v) is 7.92. The van der Waals surface area contributed by atoms with Crippen LogP contribution in [0.25, 0.3) is 55.3 Å². The van der Waals surface area contributed by atoms with E-state index in [9.17, 15) is 0 Å². The van der Waals surface area contributed by atoms with Crippen LogP contribution in [-0.4, -0.2) is 0 Å². The Kier molecular flexibility index (Phi) is 7.21. The third-order valence-electron chi connectivity index (χ3n) is 10.5. The minimum atomic E-state index is -0.0712. The zero-order valence-electron chi connectivity index (χ0n) is 28.3. The molecule has 0 unspecified atom stereocenters. The van der Waals surface area contributed by atoms with Gasteiger partial charge in [0, 0.05) is 22.5 Å². The first kappa shape index (κ1) is 29.9. The Hall–Kier alpha value is -6.18. The highest BCUT2D eigenvalue weighted by molar-refractivity contribution is 6.09. The molecule has 1 aliphatic carbocycles. The first-order valence-electron chi connectivity index (χ1n) is 17.4. The van der Waals surface area contributed by atoms with E-state index in [1.165, 1.54) is 66.4 Å². The maximum atomic E-state index is 2.36. The van der Waals surface area contributed by atoms with Crippen LogP contribution in [0, 0.1) is 0 Å². The lowest BCUT2D eigenvalue weighted by Crippen LogP contribution is -2.23. The smallest absolute Gasteiger partial charge is 0.0462 e. The van der Waals surface area contributed by atoms with E-state index in [1.807, 2.05) is 0 Å². The van der Waals surface area contributed by atoms with E-state index < -0.39 is 0 Å². The molecule has 8 aromatic carbocycles. The van der Waals surface area contributed by atoms with Gasteiger partial charge in [-0.15, -0.1) is 0 Å². The molecule has 0 fully saturated rings. The maximum absolute atomic E-state index is 2.36. The molecule has 0 spiro atoms. The number of benzene rings is 8. The van der Waals surface area contributed by atoms with Gasteiger partial charge in [-0.05, 0) is 103 Å². The third-order valence-corrected chi connectivity index (χ3v) is 10.5. The van der Waals surface area contributed by atoms with Gasteiger partial charge in [0.05, 0.1) is 0 Å². The second-order valence-electron chi connectivity index (χ2n) is 13.8. The zero-order valence-corrected chi connectivity index (χ0v) is 28.3. The van der Waals surface area contributed by atoms with Crippen LogP contribution in [0.4, 0.5) is 17.1 Å². The third kappa shape index (κ3) is 5.02. The highest BCUT2D eigenvalue weighted by Crippen LogP contribution is 2.51. The van der Waals surface area contributed by atoms with Gasteiger partial charge in [-0.1, -0.05) is 166 Å². The molecule has 9 rings (SSSR count). The Bertz CT molecular complexity index is 2370. The van der Waals surface area contributed by atoms with Crippen LogP contribution < -0.4 is 4.90 Å². The molecule has 0 aromatic heterocycles. The average Bonchev–Trinajstić information content (AvgIpc) is 3.18. The first-order valence-corrected chi connectivity index (χ1v) is 17.4. The van der Waals surface area contributed by atoms with Crippen LogP contribution in [0.1, 0.15) is 25.0 Å². The van der Waals surface area contributed by atoms with Crippen LogP contribution in [0.2, 0.25) is 0 Å². The Morgan fingerprint density at radius 1 is 0.340 bits per heavy atom. The molecule has 8 aromatic rings. The predicted molar refractivity (Wildman–Crippen MR) is 213 cm³/mol.